The van der Waals surface area contributed by atoms with Crippen LogP contribution in [0.15, 0.2) is 18.2 Å². The van der Waals surface area contributed by atoms with Crippen LogP contribution in [0.1, 0.15) is 31.2 Å². The van der Waals surface area contributed by atoms with Crippen molar-refractivity contribution in [1.82, 2.24) is 9.80 Å². The molecule has 0 aromatic heterocycles. The standard InChI is InChI=1S/C21H27N3O3/c1-26-20-12-16(13-22)3-5-19(20)27-14-21(25)24-8-6-23(7-9-24)18-11-15-2-4-17(18)10-15/h3,5,12,15,17-18H,2,4,6-11,14H2,1H3. The van der Waals surface area contributed by atoms with Crippen LogP contribution < -0.4 is 9.47 Å². The first kappa shape index (κ1) is 18.1. The summed E-state index contributed by atoms with van der Waals surface area (Å²) < 4.78 is 10.9. The van der Waals surface area contributed by atoms with Gasteiger partial charge in [0.25, 0.3) is 5.91 Å². The van der Waals surface area contributed by atoms with Crippen molar-refractivity contribution >= 4 is 5.91 Å². The Morgan fingerprint density at radius 2 is 2.00 bits per heavy atom. The Balaban J connectivity index is 1.27. The van der Waals surface area contributed by atoms with Gasteiger partial charge in [-0.2, -0.15) is 5.26 Å². The lowest BCUT2D eigenvalue weighted by Crippen LogP contribution is -2.53. The molecule has 1 aromatic carbocycles. The van der Waals surface area contributed by atoms with Crippen molar-refractivity contribution in [3.63, 3.8) is 0 Å². The van der Waals surface area contributed by atoms with Gasteiger partial charge in [0, 0.05) is 38.3 Å². The number of ether oxygens (including phenoxy) is 2. The number of carbonyl (C=O) groups excluding carboxylic acids is 1. The maximum Gasteiger partial charge on any atom is 0.260 e. The average molecular weight is 369 g/mol. The summed E-state index contributed by atoms with van der Waals surface area (Å²) in [6, 6.07) is 7.78. The van der Waals surface area contributed by atoms with Crippen LogP contribution in [0.3, 0.4) is 0 Å². The molecule has 3 fully saturated rings. The molecular weight excluding hydrogens is 342 g/mol. The lowest BCUT2D eigenvalue weighted by molar-refractivity contribution is -0.135. The molecule has 0 spiro atoms. The Bertz CT molecular complexity index is 737. The fourth-order valence-electron chi connectivity index (χ4n) is 5.05. The molecule has 1 saturated heterocycles. The summed E-state index contributed by atoms with van der Waals surface area (Å²) in [6.45, 7) is 3.50. The van der Waals surface area contributed by atoms with Gasteiger partial charge in [-0.25, -0.2) is 0 Å². The van der Waals surface area contributed by atoms with Gasteiger partial charge in [0.1, 0.15) is 0 Å². The van der Waals surface area contributed by atoms with Crippen molar-refractivity contribution in [3.05, 3.63) is 23.8 Å². The molecule has 6 heteroatoms. The van der Waals surface area contributed by atoms with E-state index in [0.717, 1.165) is 44.1 Å². The smallest absolute Gasteiger partial charge is 0.260 e. The second kappa shape index (κ2) is 7.77. The van der Waals surface area contributed by atoms with E-state index in [1.807, 2.05) is 4.90 Å². The first-order valence-corrected chi connectivity index (χ1v) is 9.90. The van der Waals surface area contributed by atoms with Crippen molar-refractivity contribution in [2.45, 2.75) is 31.7 Å². The first-order chi connectivity index (χ1) is 13.2. The Labute approximate surface area is 160 Å². The third-order valence-corrected chi connectivity index (χ3v) is 6.48. The highest BCUT2D eigenvalue weighted by Gasteiger charge is 2.42. The van der Waals surface area contributed by atoms with E-state index in [2.05, 4.69) is 11.0 Å². The molecule has 0 N–H and O–H groups in total. The minimum absolute atomic E-state index is 0.00358. The second-order valence-corrected chi connectivity index (χ2v) is 7.93. The number of fused-ring (bicyclic) bond motifs is 2. The second-order valence-electron chi connectivity index (χ2n) is 7.93. The van der Waals surface area contributed by atoms with E-state index in [0.29, 0.717) is 17.1 Å². The van der Waals surface area contributed by atoms with E-state index in [9.17, 15) is 4.79 Å². The summed E-state index contributed by atoms with van der Waals surface area (Å²) in [5, 5.41) is 8.96. The molecule has 0 radical (unpaired) electrons. The maximum absolute atomic E-state index is 12.5. The Hall–Kier alpha value is -2.26. The lowest BCUT2D eigenvalue weighted by Gasteiger charge is -2.41. The molecule has 4 rings (SSSR count). The van der Waals surface area contributed by atoms with Gasteiger partial charge < -0.3 is 14.4 Å². The molecule has 1 amide bonds. The zero-order valence-electron chi connectivity index (χ0n) is 15.9. The van der Waals surface area contributed by atoms with Gasteiger partial charge in [-0.15, -0.1) is 0 Å². The summed E-state index contributed by atoms with van der Waals surface area (Å²) in [4.78, 5) is 17.1. The molecule has 6 nitrogen and oxygen atoms in total. The van der Waals surface area contributed by atoms with Crippen molar-refractivity contribution in [2.75, 3.05) is 39.9 Å². The van der Waals surface area contributed by atoms with Gasteiger partial charge in [0.2, 0.25) is 0 Å². The number of carbonyl (C=O) groups is 1. The highest BCUT2D eigenvalue weighted by atomic mass is 16.5. The monoisotopic (exact) mass is 369 g/mol. The van der Waals surface area contributed by atoms with Crippen LogP contribution in [0.5, 0.6) is 11.5 Å². The topological polar surface area (TPSA) is 65.8 Å². The largest absolute Gasteiger partial charge is 0.493 e. The third-order valence-electron chi connectivity index (χ3n) is 6.48. The molecule has 1 heterocycles. The van der Waals surface area contributed by atoms with E-state index >= 15 is 0 Å². The number of nitrogens with zero attached hydrogens (tertiary/aromatic N) is 3. The molecule has 1 aromatic rings. The number of methoxy groups -OCH3 is 1. The minimum Gasteiger partial charge on any atom is -0.493 e. The Morgan fingerprint density at radius 3 is 2.63 bits per heavy atom. The number of benzene rings is 1. The highest BCUT2D eigenvalue weighted by Crippen LogP contribution is 2.46. The van der Waals surface area contributed by atoms with Crippen molar-refractivity contribution < 1.29 is 14.3 Å². The lowest BCUT2D eigenvalue weighted by atomic mass is 9.93. The van der Waals surface area contributed by atoms with Crippen LogP contribution in [0.25, 0.3) is 0 Å². The van der Waals surface area contributed by atoms with Gasteiger partial charge in [0.15, 0.2) is 18.1 Å². The summed E-state index contributed by atoms with van der Waals surface area (Å²) in [5.41, 5.74) is 0.502. The molecule has 1 aliphatic heterocycles. The normalized spacial score (nSPS) is 27.4. The molecule has 27 heavy (non-hydrogen) atoms. The van der Waals surface area contributed by atoms with Crippen LogP contribution >= 0.6 is 0 Å². The predicted octanol–water partition coefficient (Wildman–Crippen LogP) is 2.28. The maximum atomic E-state index is 12.5. The number of hydrogen-bond donors (Lipinski definition) is 0. The zero-order valence-corrected chi connectivity index (χ0v) is 15.9. The van der Waals surface area contributed by atoms with Gasteiger partial charge in [-0.1, -0.05) is 6.42 Å². The summed E-state index contributed by atoms with van der Waals surface area (Å²) >= 11 is 0. The van der Waals surface area contributed by atoms with E-state index < -0.39 is 0 Å². The zero-order chi connectivity index (χ0) is 18.8. The van der Waals surface area contributed by atoms with Crippen LogP contribution in [-0.4, -0.2) is 61.6 Å². The van der Waals surface area contributed by atoms with Gasteiger partial charge in [-0.3, -0.25) is 9.69 Å². The molecule has 3 aliphatic rings. The van der Waals surface area contributed by atoms with E-state index in [-0.39, 0.29) is 12.5 Å². The van der Waals surface area contributed by atoms with Crippen molar-refractivity contribution in [3.8, 4) is 17.6 Å². The van der Waals surface area contributed by atoms with E-state index in [1.54, 1.807) is 18.2 Å². The molecular formula is C21H27N3O3. The minimum atomic E-state index is -0.00358. The van der Waals surface area contributed by atoms with Crippen LogP contribution in [-0.2, 0) is 4.79 Å². The number of amides is 1. The summed E-state index contributed by atoms with van der Waals surface area (Å²) in [6.07, 6.45) is 5.61. The van der Waals surface area contributed by atoms with Crippen LogP contribution in [0.4, 0.5) is 0 Å². The fraction of sp³-hybridized carbons (Fsp3) is 0.619. The molecule has 3 atom stereocenters. The van der Waals surface area contributed by atoms with Crippen LogP contribution in [0.2, 0.25) is 0 Å². The van der Waals surface area contributed by atoms with Crippen LogP contribution in [0, 0.1) is 23.2 Å². The predicted molar refractivity (Wildman–Crippen MR) is 101 cm³/mol. The first-order valence-electron chi connectivity index (χ1n) is 9.90. The Kier molecular flexibility index (Phi) is 5.22. The summed E-state index contributed by atoms with van der Waals surface area (Å²) in [7, 11) is 1.53. The van der Waals surface area contributed by atoms with Crippen molar-refractivity contribution in [2.24, 2.45) is 11.8 Å². The highest BCUT2D eigenvalue weighted by molar-refractivity contribution is 5.78. The van der Waals surface area contributed by atoms with Gasteiger partial charge >= 0.3 is 0 Å². The van der Waals surface area contributed by atoms with Gasteiger partial charge in [-0.05, 0) is 43.2 Å². The SMILES string of the molecule is COc1cc(C#N)ccc1OCC(=O)N1CCN(C2CC3CCC2C3)CC1. The molecule has 3 unspecified atom stereocenters. The number of hydrogen-bond acceptors (Lipinski definition) is 5. The number of nitriles is 1. The average Bonchev–Trinajstić information content (AvgIpc) is 3.35. The number of piperazine rings is 1. The quantitative estimate of drug-likeness (QED) is 0.797. The molecule has 2 aliphatic carbocycles. The van der Waals surface area contributed by atoms with E-state index in [1.165, 1.54) is 32.8 Å². The fourth-order valence-corrected chi connectivity index (χ4v) is 5.05. The third kappa shape index (κ3) is 3.74. The summed E-state index contributed by atoms with van der Waals surface area (Å²) in [5.74, 6) is 2.82. The Morgan fingerprint density at radius 1 is 1.19 bits per heavy atom. The molecule has 2 saturated carbocycles. The van der Waals surface area contributed by atoms with E-state index in [4.69, 9.17) is 14.7 Å². The van der Waals surface area contributed by atoms with Crippen molar-refractivity contribution in [1.29, 1.82) is 5.26 Å². The molecule has 144 valence electrons. The molecule has 2 bridgehead atoms. The van der Waals surface area contributed by atoms with Gasteiger partial charge in [0.05, 0.1) is 18.7 Å². The number of rotatable bonds is 5.